The number of hydrogen-bond acceptors (Lipinski definition) is 3. The number of aryl methyl sites for hydroxylation is 1. The fraction of sp³-hybridized carbons (Fsp3) is 0.500. The van der Waals surface area contributed by atoms with E-state index in [2.05, 4.69) is 4.98 Å². The third-order valence-corrected chi connectivity index (χ3v) is 3.60. The summed E-state index contributed by atoms with van der Waals surface area (Å²) in [6.07, 6.45) is 1.55. The summed E-state index contributed by atoms with van der Waals surface area (Å²) < 4.78 is 0. The number of nitrogens with zero attached hydrogens (tertiary/aromatic N) is 3. The maximum absolute atomic E-state index is 12.6. The minimum atomic E-state index is -0.371. The zero-order valence-corrected chi connectivity index (χ0v) is 12.6. The number of halogens is 1. The van der Waals surface area contributed by atoms with Crippen molar-refractivity contribution in [3.8, 4) is 0 Å². The van der Waals surface area contributed by atoms with Crippen molar-refractivity contribution < 1.29 is 9.59 Å². The summed E-state index contributed by atoms with van der Waals surface area (Å²) in [5.41, 5.74) is 1.18. The van der Waals surface area contributed by atoms with Crippen molar-refractivity contribution in [1.29, 1.82) is 0 Å². The number of rotatable bonds is 2. The monoisotopic (exact) mass is 295 g/mol. The highest BCUT2D eigenvalue weighted by atomic mass is 35.5. The van der Waals surface area contributed by atoms with Gasteiger partial charge in [0, 0.05) is 31.9 Å². The van der Waals surface area contributed by atoms with Gasteiger partial charge in [0.1, 0.15) is 11.2 Å². The predicted molar refractivity (Wildman–Crippen MR) is 76.7 cm³/mol. The lowest BCUT2D eigenvalue weighted by molar-refractivity contribution is -0.132. The average molecular weight is 296 g/mol. The summed E-state index contributed by atoms with van der Waals surface area (Å²) in [6.45, 7) is 2.39. The molecule has 1 aliphatic heterocycles. The van der Waals surface area contributed by atoms with Crippen LogP contribution in [0.15, 0.2) is 12.1 Å². The summed E-state index contributed by atoms with van der Waals surface area (Å²) in [4.78, 5) is 31.9. The van der Waals surface area contributed by atoms with E-state index in [-0.39, 0.29) is 17.9 Å². The summed E-state index contributed by atoms with van der Waals surface area (Å²) in [5.74, 6) is -0.192. The topological polar surface area (TPSA) is 53.5 Å². The fourth-order valence-electron chi connectivity index (χ4n) is 2.48. The zero-order valence-electron chi connectivity index (χ0n) is 11.9. The number of amides is 2. The van der Waals surface area contributed by atoms with Crippen LogP contribution in [0.4, 0.5) is 0 Å². The summed E-state index contributed by atoms with van der Waals surface area (Å²) in [6, 6.07) is 2.88. The molecule has 1 aromatic rings. The van der Waals surface area contributed by atoms with Crippen molar-refractivity contribution in [3.63, 3.8) is 0 Å². The molecule has 1 aromatic heterocycles. The lowest BCUT2D eigenvalue weighted by Crippen LogP contribution is -2.45. The van der Waals surface area contributed by atoms with Gasteiger partial charge < -0.3 is 9.80 Å². The second-order valence-electron chi connectivity index (χ2n) is 5.21. The Morgan fingerprint density at radius 1 is 1.40 bits per heavy atom. The van der Waals surface area contributed by atoms with Crippen molar-refractivity contribution in [3.05, 3.63) is 28.5 Å². The quantitative estimate of drug-likeness (QED) is 0.781. The normalized spacial score (nSPS) is 18.2. The molecule has 2 amide bonds. The standard InChI is InChI=1S/C14H18ClN3O2/c1-9-7-10(8-12(15)16-9)13(19)18-6-4-5-11(18)14(20)17(2)3/h7-8,11H,4-6H2,1-3H3. The minimum absolute atomic E-state index is 0.0345. The van der Waals surface area contributed by atoms with E-state index in [0.717, 1.165) is 6.42 Å². The largest absolute Gasteiger partial charge is 0.347 e. The molecule has 1 aliphatic rings. The Hall–Kier alpha value is -1.62. The number of hydrogen-bond donors (Lipinski definition) is 0. The SMILES string of the molecule is Cc1cc(C(=O)N2CCCC2C(=O)N(C)C)cc(Cl)n1. The molecule has 1 fully saturated rings. The van der Waals surface area contributed by atoms with E-state index < -0.39 is 0 Å². The molecular formula is C14H18ClN3O2. The molecule has 20 heavy (non-hydrogen) atoms. The molecule has 1 atom stereocenters. The minimum Gasteiger partial charge on any atom is -0.347 e. The first kappa shape index (κ1) is 14.8. The van der Waals surface area contributed by atoms with E-state index in [9.17, 15) is 9.59 Å². The Kier molecular flexibility index (Phi) is 4.28. The second-order valence-corrected chi connectivity index (χ2v) is 5.60. The van der Waals surface area contributed by atoms with E-state index in [0.29, 0.717) is 29.4 Å². The molecule has 6 heteroatoms. The molecule has 2 rings (SSSR count). The molecule has 108 valence electrons. The van der Waals surface area contributed by atoms with Crippen LogP contribution < -0.4 is 0 Å². The number of likely N-dealkylation sites (N-methyl/N-ethyl adjacent to an activating group) is 1. The Labute approximate surface area is 123 Å². The number of pyridine rings is 1. The Morgan fingerprint density at radius 2 is 2.10 bits per heavy atom. The summed E-state index contributed by atoms with van der Waals surface area (Å²) in [7, 11) is 3.41. The molecule has 1 saturated heterocycles. The van der Waals surface area contributed by atoms with E-state index in [4.69, 9.17) is 11.6 Å². The molecule has 5 nitrogen and oxygen atoms in total. The van der Waals surface area contributed by atoms with E-state index in [1.165, 1.54) is 4.90 Å². The highest BCUT2D eigenvalue weighted by molar-refractivity contribution is 6.29. The van der Waals surface area contributed by atoms with Crippen LogP contribution in [0.1, 0.15) is 28.9 Å². The maximum Gasteiger partial charge on any atom is 0.254 e. The van der Waals surface area contributed by atoms with Crippen molar-refractivity contribution in [2.24, 2.45) is 0 Å². The first-order valence-electron chi connectivity index (χ1n) is 6.56. The first-order chi connectivity index (χ1) is 9.40. The zero-order chi connectivity index (χ0) is 14.9. The van der Waals surface area contributed by atoms with Gasteiger partial charge in [0.25, 0.3) is 5.91 Å². The van der Waals surface area contributed by atoms with Crippen molar-refractivity contribution in [2.45, 2.75) is 25.8 Å². The van der Waals surface area contributed by atoms with Crippen LogP contribution in [0, 0.1) is 6.92 Å². The number of aromatic nitrogens is 1. The van der Waals surface area contributed by atoms with Crippen LogP contribution in [-0.2, 0) is 4.79 Å². The fourth-order valence-corrected chi connectivity index (χ4v) is 2.73. The molecule has 0 spiro atoms. The van der Waals surface area contributed by atoms with Crippen LogP contribution in [0.2, 0.25) is 5.15 Å². The molecule has 2 heterocycles. The van der Waals surface area contributed by atoms with E-state index in [1.807, 2.05) is 0 Å². The summed E-state index contributed by atoms with van der Waals surface area (Å²) >= 11 is 5.89. The molecule has 0 N–H and O–H groups in total. The smallest absolute Gasteiger partial charge is 0.254 e. The first-order valence-corrected chi connectivity index (χ1v) is 6.94. The molecule has 0 aromatic carbocycles. The number of likely N-dealkylation sites (tertiary alicyclic amines) is 1. The number of carbonyl (C=O) groups excluding carboxylic acids is 2. The van der Waals surface area contributed by atoms with Gasteiger partial charge in [-0.05, 0) is 31.9 Å². The average Bonchev–Trinajstić information content (AvgIpc) is 2.84. The Bertz CT molecular complexity index is 525. The van der Waals surface area contributed by atoms with E-state index >= 15 is 0 Å². The van der Waals surface area contributed by atoms with Gasteiger partial charge in [0.2, 0.25) is 5.91 Å². The van der Waals surface area contributed by atoms with Gasteiger partial charge in [-0.1, -0.05) is 11.6 Å². The Balaban J connectivity index is 2.25. The Morgan fingerprint density at radius 3 is 2.70 bits per heavy atom. The van der Waals surface area contributed by atoms with Crippen molar-refractivity contribution >= 4 is 23.4 Å². The van der Waals surface area contributed by atoms with Crippen LogP contribution in [-0.4, -0.2) is 53.3 Å². The van der Waals surface area contributed by atoms with Crippen LogP contribution in [0.5, 0.6) is 0 Å². The van der Waals surface area contributed by atoms with Gasteiger partial charge in [0.05, 0.1) is 0 Å². The molecule has 0 bridgehead atoms. The molecular weight excluding hydrogens is 278 g/mol. The molecule has 0 radical (unpaired) electrons. The van der Waals surface area contributed by atoms with Gasteiger partial charge in [-0.25, -0.2) is 4.98 Å². The summed E-state index contributed by atoms with van der Waals surface area (Å²) in [5, 5.41) is 0.294. The van der Waals surface area contributed by atoms with Crippen LogP contribution in [0.3, 0.4) is 0 Å². The lowest BCUT2D eigenvalue weighted by atomic mass is 10.1. The van der Waals surface area contributed by atoms with Crippen LogP contribution >= 0.6 is 11.6 Å². The second kappa shape index (κ2) is 5.79. The highest BCUT2D eigenvalue weighted by Crippen LogP contribution is 2.22. The maximum atomic E-state index is 12.6. The predicted octanol–water partition coefficient (Wildman–Crippen LogP) is 1.74. The van der Waals surface area contributed by atoms with Crippen molar-refractivity contribution in [1.82, 2.24) is 14.8 Å². The van der Waals surface area contributed by atoms with Gasteiger partial charge in [0.15, 0.2) is 0 Å². The van der Waals surface area contributed by atoms with Crippen molar-refractivity contribution in [2.75, 3.05) is 20.6 Å². The third kappa shape index (κ3) is 2.93. The number of carbonyl (C=O) groups is 2. The van der Waals surface area contributed by atoms with E-state index in [1.54, 1.807) is 38.1 Å². The molecule has 0 saturated carbocycles. The van der Waals surface area contributed by atoms with Gasteiger partial charge in [-0.15, -0.1) is 0 Å². The molecule has 1 unspecified atom stereocenters. The van der Waals surface area contributed by atoms with Gasteiger partial charge in [-0.3, -0.25) is 9.59 Å². The van der Waals surface area contributed by atoms with Crippen LogP contribution in [0.25, 0.3) is 0 Å². The van der Waals surface area contributed by atoms with Gasteiger partial charge >= 0.3 is 0 Å². The molecule has 0 aliphatic carbocycles. The van der Waals surface area contributed by atoms with Gasteiger partial charge in [-0.2, -0.15) is 0 Å². The highest BCUT2D eigenvalue weighted by Gasteiger charge is 2.35. The lowest BCUT2D eigenvalue weighted by Gasteiger charge is -2.26. The third-order valence-electron chi connectivity index (χ3n) is 3.41.